The zero-order valence-electron chi connectivity index (χ0n) is 29.3. The zero-order valence-corrected chi connectivity index (χ0v) is 29.3. The second-order valence-electron chi connectivity index (χ2n) is 14.5. The molecule has 9 aromatic rings. The summed E-state index contributed by atoms with van der Waals surface area (Å²) in [6.07, 6.45) is 0. The second-order valence-corrected chi connectivity index (χ2v) is 14.5. The summed E-state index contributed by atoms with van der Waals surface area (Å²) >= 11 is 0. The number of para-hydroxylation sites is 2. The predicted molar refractivity (Wildman–Crippen MR) is 220 cm³/mol. The van der Waals surface area contributed by atoms with Crippen molar-refractivity contribution in [2.75, 3.05) is 0 Å². The Labute approximate surface area is 309 Å². The number of fused-ring (bicyclic) bond motifs is 14. The van der Waals surface area contributed by atoms with Gasteiger partial charge < -0.3 is 4.74 Å². The molecule has 9 aromatic carbocycles. The Morgan fingerprint density at radius 2 is 0.830 bits per heavy atom. The van der Waals surface area contributed by atoms with Crippen LogP contribution in [0.4, 0.5) is 0 Å². The van der Waals surface area contributed by atoms with E-state index in [2.05, 4.69) is 195 Å². The maximum atomic E-state index is 6.72. The first-order valence-electron chi connectivity index (χ1n) is 18.4. The molecule has 0 bridgehead atoms. The van der Waals surface area contributed by atoms with E-state index in [9.17, 15) is 0 Å². The number of benzene rings is 9. The van der Waals surface area contributed by atoms with Crippen molar-refractivity contribution in [1.29, 1.82) is 0 Å². The number of hydrogen-bond donors (Lipinski definition) is 0. The summed E-state index contributed by atoms with van der Waals surface area (Å²) in [4.78, 5) is 0. The number of aryl methyl sites for hydroxylation is 1. The van der Waals surface area contributed by atoms with Gasteiger partial charge in [-0.25, -0.2) is 0 Å². The molecule has 1 aliphatic carbocycles. The maximum absolute atomic E-state index is 6.72. The topological polar surface area (TPSA) is 9.23 Å². The lowest BCUT2D eigenvalue weighted by Gasteiger charge is -2.40. The van der Waals surface area contributed by atoms with E-state index in [0.29, 0.717) is 0 Å². The highest BCUT2D eigenvalue weighted by Crippen LogP contribution is 2.65. The number of ether oxygens (including phenoxy) is 1. The summed E-state index contributed by atoms with van der Waals surface area (Å²) in [6.45, 7) is 2.15. The molecule has 11 rings (SSSR count). The van der Waals surface area contributed by atoms with Crippen LogP contribution >= 0.6 is 0 Å². The van der Waals surface area contributed by atoms with Crippen LogP contribution in [0.15, 0.2) is 188 Å². The van der Waals surface area contributed by atoms with Gasteiger partial charge >= 0.3 is 0 Å². The standard InChI is InChI=1S/C52H34O/c1-33-13-10-14-34(29-33)35-15-11-16-36(30-35)37-17-12-18-38(31-37)39-27-28-44-47(32-39)52(45-23-6-8-25-48(45)53-49-26-9-7-24-46(49)52)51-43-22-5-3-20-41(43)40-19-2-4-21-42(40)50(44)51/h2-32H,1H3. The van der Waals surface area contributed by atoms with Crippen LogP contribution in [0.5, 0.6) is 11.5 Å². The van der Waals surface area contributed by atoms with Crippen LogP contribution in [-0.2, 0) is 5.41 Å². The van der Waals surface area contributed by atoms with Crippen LogP contribution in [0.3, 0.4) is 0 Å². The highest BCUT2D eigenvalue weighted by atomic mass is 16.5. The van der Waals surface area contributed by atoms with E-state index in [1.807, 2.05) is 0 Å². The van der Waals surface area contributed by atoms with Crippen molar-refractivity contribution in [3.63, 3.8) is 0 Å². The molecule has 1 aliphatic heterocycles. The Morgan fingerprint density at radius 3 is 1.43 bits per heavy atom. The van der Waals surface area contributed by atoms with Gasteiger partial charge in [0.05, 0.1) is 5.41 Å². The van der Waals surface area contributed by atoms with Gasteiger partial charge in [-0.2, -0.15) is 0 Å². The third-order valence-electron chi connectivity index (χ3n) is 11.5. The van der Waals surface area contributed by atoms with Crippen LogP contribution in [0.25, 0.3) is 66.1 Å². The van der Waals surface area contributed by atoms with Crippen molar-refractivity contribution in [3.8, 4) is 56.0 Å². The van der Waals surface area contributed by atoms with Gasteiger partial charge in [-0.05, 0) is 114 Å². The lowest BCUT2D eigenvalue weighted by atomic mass is 9.64. The van der Waals surface area contributed by atoms with E-state index < -0.39 is 5.41 Å². The molecule has 53 heavy (non-hydrogen) atoms. The lowest BCUT2D eigenvalue weighted by molar-refractivity contribution is 0.437. The van der Waals surface area contributed by atoms with E-state index in [1.54, 1.807) is 0 Å². The molecule has 0 atom stereocenters. The van der Waals surface area contributed by atoms with Crippen molar-refractivity contribution in [2.24, 2.45) is 0 Å². The van der Waals surface area contributed by atoms with Gasteiger partial charge in [0.1, 0.15) is 11.5 Å². The van der Waals surface area contributed by atoms with Gasteiger partial charge in [0.25, 0.3) is 0 Å². The van der Waals surface area contributed by atoms with Gasteiger partial charge in [-0.3, -0.25) is 0 Å². The van der Waals surface area contributed by atoms with Crippen LogP contribution in [0.2, 0.25) is 0 Å². The fourth-order valence-corrected chi connectivity index (χ4v) is 9.33. The van der Waals surface area contributed by atoms with E-state index in [4.69, 9.17) is 4.74 Å². The van der Waals surface area contributed by atoms with E-state index in [1.165, 1.54) is 93.9 Å². The van der Waals surface area contributed by atoms with Crippen molar-refractivity contribution in [2.45, 2.75) is 12.3 Å². The van der Waals surface area contributed by atoms with E-state index in [0.717, 1.165) is 11.5 Å². The number of rotatable bonds is 3. The smallest absolute Gasteiger partial charge is 0.132 e. The Kier molecular flexibility index (Phi) is 6.45. The molecule has 1 spiro atoms. The minimum Gasteiger partial charge on any atom is -0.457 e. The molecule has 1 heterocycles. The van der Waals surface area contributed by atoms with Crippen LogP contribution in [0, 0.1) is 6.92 Å². The first-order chi connectivity index (χ1) is 26.2. The van der Waals surface area contributed by atoms with Crippen molar-refractivity contribution in [1.82, 2.24) is 0 Å². The summed E-state index contributed by atoms with van der Waals surface area (Å²) in [5.41, 5.74) is 15.5. The fourth-order valence-electron chi connectivity index (χ4n) is 9.33. The monoisotopic (exact) mass is 674 g/mol. The van der Waals surface area contributed by atoms with Gasteiger partial charge in [-0.1, -0.05) is 163 Å². The Morgan fingerprint density at radius 1 is 0.358 bits per heavy atom. The summed E-state index contributed by atoms with van der Waals surface area (Å²) in [5.74, 6) is 1.81. The number of hydrogen-bond acceptors (Lipinski definition) is 1. The third kappa shape index (κ3) is 4.31. The average Bonchev–Trinajstić information content (AvgIpc) is 3.52. The molecule has 0 amide bonds. The molecule has 0 radical (unpaired) electrons. The molecule has 0 saturated carbocycles. The molecule has 1 heteroatoms. The quantitative estimate of drug-likeness (QED) is 0.170. The third-order valence-corrected chi connectivity index (χ3v) is 11.5. The SMILES string of the molecule is Cc1cccc(-c2cccc(-c3cccc(-c4ccc5c(c4)C4(c6ccccc6Oc6ccccc64)c4c-5c5ccccc5c5ccccc45)c3)c2)c1. The highest BCUT2D eigenvalue weighted by Gasteiger charge is 2.52. The zero-order chi connectivity index (χ0) is 35.1. The molecule has 0 unspecified atom stereocenters. The Balaban J connectivity index is 1.18. The molecule has 2 aliphatic rings. The van der Waals surface area contributed by atoms with Crippen molar-refractivity contribution < 1.29 is 4.74 Å². The first kappa shape index (κ1) is 30.0. The summed E-state index contributed by atoms with van der Waals surface area (Å²) < 4.78 is 6.72. The second kappa shape index (κ2) is 11.4. The van der Waals surface area contributed by atoms with E-state index >= 15 is 0 Å². The first-order valence-corrected chi connectivity index (χ1v) is 18.4. The average molecular weight is 675 g/mol. The van der Waals surface area contributed by atoms with Crippen molar-refractivity contribution >= 4 is 21.5 Å². The maximum Gasteiger partial charge on any atom is 0.132 e. The van der Waals surface area contributed by atoms with Gasteiger partial charge in [0.15, 0.2) is 0 Å². The predicted octanol–water partition coefficient (Wildman–Crippen LogP) is 13.8. The highest BCUT2D eigenvalue weighted by molar-refractivity contribution is 6.19. The van der Waals surface area contributed by atoms with Crippen LogP contribution < -0.4 is 4.74 Å². The van der Waals surface area contributed by atoms with Crippen LogP contribution in [-0.4, -0.2) is 0 Å². The van der Waals surface area contributed by atoms with Gasteiger partial charge in [-0.15, -0.1) is 0 Å². The lowest BCUT2D eigenvalue weighted by Crippen LogP contribution is -2.32. The Hall–Kier alpha value is -6.70. The van der Waals surface area contributed by atoms with Crippen molar-refractivity contribution in [3.05, 3.63) is 216 Å². The largest absolute Gasteiger partial charge is 0.457 e. The summed E-state index contributed by atoms with van der Waals surface area (Å²) in [7, 11) is 0. The van der Waals surface area contributed by atoms with Crippen LogP contribution in [0.1, 0.15) is 27.8 Å². The minimum atomic E-state index is -0.588. The molecule has 1 nitrogen and oxygen atoms in total. The molecule has 0 saturated heterocycles. The molecular weight excluding hydrogens is 641 g/mol. The molecule has 0 fully saturated rings. The molecule has 248 valence electrons. The van der Waals surface area contributed by atoms with E-state index in [-0.39, 0.29) is 0 Å². The van der Waals surface area contributed by atoms with Gasteiger partial charge in [0, 0.05) is 11.1 Å². The molecule has 0 aromatic heterocycles. The minimum absolute atomic E-state index is 0.588. The Bertz CT molecular complexity index is 2900. The van der Waals surface area contributed by atoms with Gasteiger partial charge in [0.2, 0.25) is 0 Å². The normalized spacial score (nSPS) is 13.3. The molecular formula is C52H34O. The summed E-state index contributed by atoms with van der Waals surface area (Å²) in [6, 6.07) is 69.1. The fraction of sp³-hybridized carbons (Fsp3) is 0.0385. The summed E-state index contributed by atoms with van der Waals surface area (Å²) in [5, 5.41) is 5.12. The molecule has 0 N–H and O–H groups in total.